The minimum Gasteiger partial charge on any atom is -0.404 e. The second kappa shape index (κ2) is 4.88. The summed E-state index contributed by atoms with van der Waals surface area (Å²) in [6.07, 6.45) is -4.31. The highest BCUT2D eigenvalue weighted by Gasteiger charge is 2.32. The van der Waals surface area contributed by atoms with Gasteiger partial charge in [0.05, 0.1) is 30.1 Å². The SMILES string of the molecule is N#CCc1c(OC(F)(F)F)cnc(CN)c1N. The molecule has 0 saturated carbocycles. The summed E-state index contributed by atoms with van der Waals surface area (Å²) in [6, 6.07) is 1.71. The van der Waals surface area contributed by atoms with Gasteiger partial charge in [-0.3, -0.25) is 4.98 Å². The lowest BCUT2D eigenvalue weighted by Gasteiger charge is -2.14. The zero-order valence-corrected chi connectivity index (χ0v) is 8.58. The number of rotatable bonds is 3. The van der Waals surface area contributed by atoms with Crippen LogP contribution < -0.4 is 16.2 Å². The molecule has 0 fully saturated rings. The summed E-state index contributed by atoms with van der Waals surface area (Å²) in [6.45, 7) is -0.0312. The van der Waals surface area contributed by atoms with Crippen molar-refractivity contribution in [2.75, 3.05) is 5.73 Å². The molecule has 4 N–H and O–H groups in total. The van der Waals surface area contributed by atoms with Gasteiger partial charge >= 0.3 is 6.36 Å². The predicted octanol–water partition coefficient (Wildman–Crippen LogP) is 1.09. The minimum absolute atomic E-state index is 0.0312. The molecule has 0 bridgehead atoms. The molecular formula is C9H9F3N4O. The maximum absolute atomic E-state index is 12.1. The van der Waals surface area contributed by atoms with Crippen LogP contribution in [-0.4, -0.2) is 11.3 Å². The molecule has 1 rings (SSSR count). The van der Waals surface area contributed by atoms with E-state index in [1.54, 1.807) is 6.07 Å². The fourth-order valence-electron chi connectivity index (χ4n) is 1.23. The lowest BCUT2D eigenvalue weighted by molar-refractivity contribution is -0.275. The van der Waals surface area contributed by atoms with Crippen LogP contribution in [0.4, 0.5) is 18.9 Å². The van der Waals surface area contributed by atoms with Crippen molar-refractivity contribution in [3.63, 3.8) is 0 Å². The fourth-order valence-corrected chi connectivity index (χ4v) is 1.23. The molecule has 0 spiro atoms. The first kappa shape index (κ1) is 13.1. The van der Waals surface area contributed by atoms with E-state index in [0.717, 1.165) is 6.20 Å². The first-order chi connectivity index (χ1) is 7.89. The van der Waals surface area contributed by atoms with Crippen LogP contribution in [0.3, 0.4) is 0 Å². The molecule has 0 amide bonds. The molecule has 0 aromatic carbocycles. The molecule has 0 aliphatic heterocycles. The van der Waals surface area contributed by atoms with Crippen molar-refractivity contribution in [3.05, 3.63) is 17.5 Å². The Bertz CT molecular complexity index is 453. The van der Waals surface area contributed by atoms with E-state index in [2.05, 4.69) is 9.72 Å². The van der Waals surface area contributed by atoms with E-state index in [9.17, 15) is 13.2 Å². The molecule has 92 valence electrons. The molecule has 5 nitrogen and oxygen atoms in total. The number of aromatic nitrogens is 1. The maximum Gasteiger partial charge on any atom is 0.573 e. The number of alkyl halides is 3. The third-order valence-corrected chi connectivity index (χ3v) is 1.95. The van der Waals surface area contributed by atoms with E-state index in [-0.39, 0.29) is 29.9 Å². The van der Waals surface area contributed by atoms with Gasteiger partial charge in [-0.25, -0.2) is 0 Å². The fraction of sp³-hybridized carbons (Fsp3) is 0.333. The molecule has 8 heteroatoms. The molecule has 0 unspecified atom stereocenters. The molecule has 0 aliphatic rings. The standard InChI is InChI=1S/C9H9F3N4O/c10-9(11,12)17-7-4-16-6(3-14)8(15)5(7)1-2-13/h4H,1,3,14-15H2. The van der Waals surface area contributed by atoms with E-state index in [1.807, 2.05) is 0 Å². The molecule has 1 aromatic rings. The maximum atomic E-state index is 12.1. The summed E-state index contributed by atoms with van der Waals surface area (Å²) in [5, 5.41) is 8.54. The van der Waals surface area contributed by atoms with Crippen LogP contribution in [-0.2, 0) is 13.0 Å². The first-order valence-corrected chi connectivity index (χ1v) is 4.48. The molecule has 17 heavy (non-hydrogen) atoms. The van der Waals surface area contributed by atoms with Crippen molar-refractivity contribution >= 4 is 5.69 Å². The topological polar surface area (TPSA) is 97.9 Å². The number of hydrogen-bond donors (Lipinski definition) is 2. The van der Waals surface area contributed by atoms with Crippen LogP contribution in [0.25, 0.3) is 0 Å². The number of pyridine rings is 1. The first-order valence-electron chi connectivity index (χ1n) is 4.48. The quantitative estimate of drug-likeness (QED) is 0.831. The predicted molar refractivity (Wildman–Crippen MR) is 52.5 cm³/mol. The Morgan fingerprint density at radius 2 is 2.12 bits per heavy atom. The average Bonchev–Trinajstić information content (AvgIpc) is 2.22. The normalized spacial score (nSPS) is 11.0. The zero-order valence-electron chi connectivity index (χ0n) is 8.58. The third kappa shape index (κ3) is 3.22. The number of anilines is 1. The summed E-state index contributed by atoms with van der Waals surface area (Å²) in [5.74, 6) is -0.575. The van der Waals surface area contributed by atoms with Crippen molar-refractivity contribution < 1.29 is 17.9 Å². The molecule has 1 heterocycles. The molecule has 0 radical (unpaired) electrons. The van der Waals surface area contributed by atoms with Crippen LogP contribution in [0, 0.1) is 11.3 Å². The van der Waals surface area contributed by atoms with Gasteiger partial charge in [0.2, 0.25) is 0 Å². The Labute approximate surface area is 94.8 Å². The number of nitrogen functional groups attached to an aromatic ring is 1. The molecule has 0 aliphatic carbocycles. The van der Waals surface area contributed by atoms with E-state index < -0.39 is 12.1 Å². The van der Waals surface area contributed by atoms with Gasteiger partial charge in [-0.1, -0.05) is 0 Å². The summed E-state index contributed by atoms with van der Waals surface area (Å²) in [5.41, 5.74) is 11.0. The van der Waals surface area contributed by atoms with Gasteiger partial charge in [0.1, 0.15) is 0 Å². The third-order valence-electron chi connectivity index (χ3n) is 1.95. The average molecular weight is 246 g/mol. The summed E-state index contributed by atoms with van der Waals surface area (Å²) >= 11 is 0. The summed E-state index contributed by atoms with van der Waals surface area (Å²) in [7, 11) is 0. The van der Waals surface area contributed by atoms with E-state index >= 15 is 0 Å². The van der Waals surface area contributed by atoms with Gasteiger partial charge in [0, 0.05) is 12.1 Å². The van der Waals surface area contributed by atoms with Crippen LogP contribution in [0.2, 0.25) is 0 Å². The molecular weight excluding hydrogens is 237 g/mol. The highest BCUT2D eigenvalue weighted by Crippen LogP contribution is 2.30. The van der Waals surface area contributed by atoms with Gasteiger partial charge < -0.3 is 16.2 Å². The van der Waals surface area contributed by atoms with Gasteiger partial charge in [0.15, 0.2) is 5.75 Å². The summed E-state index contributed by atoms with van der Waals surface area (Å²) in [4.78, 5) is 3.64. The molecule has 0 saturated heterocycles. The second-order valence-electron chi connectivity index (χ2n) is 3.05. The molecule has 0 atom stereocenters. The summed E-state index contributed by atoms with van der Waals surface area (Å²) < 4.78 is 40.0. The number of nitrogens with zero attached hydrogens (tertiary/aromatic N) is 2. The van der Waals surface area contributed by atoms with Gasteiger partial charge in [-0.15, -0.1) is 13.2 Å². The largest absolute Gasteiger partial charge is 0.573 e. The van der Waals surface area contributed by atoms with Crippen molar-refractivity contribution in [2.45, 2.75) is 19.3 Å². The van der Waals surface area contributed by atoms with E-state index in [0.29, 0.717) is 0 Å². The van der Waals surface area contributed by atoms with Crippen LogP contribution in [0.15, 0.2) is 6.20 Å². The van der Waals surface area contributed by atoms with Crippen molar-refractivity contribution in [3.8, 4) is 11.8 Å². The lowest BCUT2D eigenvalue weighted by Crippen LogP contribution is -2.19. The lowest BCUT2D eigenvalue weighted by atomic mass is 10.1. The molecule has 1 aromatic heterocycles. The van der Waals surface area contributed by atoms with Gasteiger partial charge in [-0.2, -0.15) is 5.26 Å². The number of halogens is 3. The van der Waals surface area contributed by atoms with E-state index in [4.69, 9.17) is 16.7 Å². The number of nitrogens with two attached hydrogens (primary N) is 2. The Morgan fingerprint density at radius 3 is 2.59 bits per heavy atom. The Kier molecular flexibility index (Phi) is 3.75. The van der Waals surface area contributed by atoms with Crippen molar-refractivity contribution in [1.82, 2.24) is 4.98 Å². The number of hydrogen-bond acceptors (Lipinski definition) is 5. The monoisotopic (exact) mass is 246 g/mol. The van der Waals surface area contributed by atoms with E-state index in [1.165, 1.54) is 0 Å². The Morgan fingerprint density at radius 1 is 1.47 bits per heavy atom. The highest BCUT2D eigenvalue weighted by molar-refractivity contribution is 5.57. The minimum atomic E-state index is -4.86. The number of ether oxygens (including phenoxy) is 1. The highest BCUT2D eigenvalue weighted by atomic mass is 19.4. The van der Waals surface area contributed by atoms with Gasteiger partial charge in [0.25, 0.3) is 0 Å². The van der Waals surface area contributed by atoms with Crippen LogP contribution in [0.5, 0.6) is 5.75 Å². The number of nitriles is 1. The Balaban J connectivity index is 3.22. The van der Waals surface area contributed by atoms with Crippen molar-refractivity contribution in [1.29, 1.82) is 5.26 Å². The van der Waals surface area contributed by atoms with Crippen molar-refractivity contribution in [2.24, 2.45) is 5.73 Å². The Hall–Kier alpha value is -2.01. The smallest absolute Gasteiger partial charge is 0.404 e. The zero-order chi connectivity index (χ0) is 13.1. The van der Waals surface area contributed by atoms with Crippen LogP contribution >= 0.6 is 0 Å². The van der Waals surface area contributed by atoms with Crippen LogP contribution in [0.1, 0.15) is 11.3 Å². The second-order valence-corrected chi connectivity index (χ2v) is 3.05. The van der Waals surface area contributed by atoms with Gasteiger partial charge in [-0.05, 0) is 0 Å².